The Balaban J connectivity index is 0.000000155. The fourth-order valence-corrected chi connectivity index (χ4v) is 4.19. The number of nitrogens with one attached hydrogen (secondary N) is 1. The lowest BCUT2D eigenvalue weighted by molar-refractivity contribution is 0.474. The van der Waals surface area contributed by atoms with Crippen LogP contribution in [0, 0.1) is 0 Å². The minimum atomic E-state index is 0.148. The fraction of sp³-hybridized carbons (Fsp3) is 0.0294. The van der Waals surface area contributed by atoms with Gasteiger partial charge in [0.1, 0.15) is 11.5 Å². The van der Waals surface area contributed by atoms with E-state index in [0.717, 1.165) is 33.3 Å². The minimum Gasteiger partial charge on any atom is -0.508 e. The number of anilines is 1. The highest BCUT2D eigenvalue weighted by molar-refractivity contribution is 5.90. The van der Waals surface area contributed by atoms with Gasteiger partial charge in [-0.2, -0.15) is 0 Å². The van der Waals surface area contributed by atoms with Gasteiger partial charge in [-0.15, -0.1) is 0 Å². The summed E-state index contributed by atoms with van der Waals surface area (Å²) in [5, 5.41) is 23.5. The van der Waals surface area contributed by atoms with E-state index in [4.69, 9.17) is 0 Å². The lowest BCUT2D eigenvalue weighted by Crippen LogP contribution is -2.17. The van der Waals surface area contributed by atoms with E-state index in [0.29, 0.717) is 5.75 Å². The van der Waals surface area contributed by atoms with Crippen LogP contribution >= 0.6 is 0 Å². The topological polar surface area (TPSA) is 65.4 Å². The van der Waals surface area contributed by atoms with E-state index in [1.54, 1.807) is 18.2 Å². The molecule has 2 heterocycles. The van der Waals surface area contributed by atoms with Gasteiger partial charge >= 0.3 is 0 Å². The summed E-state index contributed by atoms with van der Waals surface area (Å²) in [6, 6.07) is 32.9. The number of hydrogen-bond donors (Lipinski definition) is 3. The van der Waals surface area contributed by atoms with Crippen LogP contribution in [0.3, 0.4) is 0 Å². The van der Waals surface area contributed by atoms with Gasteiger partial charge in [0.25, 0.3) is 0 Å². The average Bonchev–Trinajstić information content (AvgIpc) is 2.97. The Morgan fingerprint density at radius 1 is 0.684 bits per heavy atom. The van der Waals surface area contributed by atoms with E-state index in [2.05, 4.69) is 46.7 Å². The Morgan fingerprint density at radius 2 is 1.45 bits per heavy atom. The highest BCUT2D eigenvalue weighted by atomic mass is 16.3. The Kier molecular flexibility index (Phi) is 7.61. The number of hydrogen-bond acceptors (Lipinski definition) is 4. The Bertz CT molecular complexity index is 1610. The molecule has 0 bridgehead atoms. The van der Waals surface area contributed by atoms with E-state index >= 15 is 0 Å². The smallest absolute Gasteiger partial charge is 0.122 e. The number of aromatic hydroxyl groups is 2. The molecule has 0 radical (unpaired) electrons. The highest BCUT2D eigenvalue weighted by Crippen LogP contribution is 2.24. The van der Waals surface area contributed by atoms with Gasteiger partial charge in [-0.25, -0.2) is 0 Å². The first kappa shape index (κ1) is 24.6. The van der Waals surface area contributed by atoms with Crippen LogP contribution in [0.15, 0.2) is 121 Å². The standard InChI is InChI=1S/C17H15NO.C17H13NO/c19-17-8-4-2-6-14(17)10-12-15-11-9-13-5-1-3-7-16(13)18-15;19-15-9-6-13(7-10-15)5-8-14-11-12-18-17-4-2-1-3-16(14)17/h1-12,15,18-19H;1-12,19H/b12-10+;8-5-. The SMILES string of the molecule is Oc1ccc(/C=C\c2ccnc3ccccc23)cc1.Oc1ccccc1/C=C/C1C=Cc2ccccc2N1. The predicted octanol–water partition coefficient (Wildman–Crippen LogP) is 8.02. The summed E-state index contributed by atoms with van der Waals surface area (Å²) in [7, 11) is 0. The number of nitrogens with zero attached hydrogens (tertiary/aromatic N) is 1. The van der Waals surface area contributed by atoms with Crippen LogP contribution < -0.4 is 5.32 Å². The monoisotopic (exact) mass is 496 g/mol. The van der Waals surface area contributed by atoms with Crippen LogP contribution in [-0.4, -0.2) is 21.2 Å². The zero-order chi connectivity index (χ0) is 26.2. The number of phenolic OH excluding ortho intramolecular Hbond substituents is 2. The lowest BCUT2D eigenvalue weighted by Gasteiger charge is -2.19. The molecule has 1 aromatic heterocycles. The quantitative estimate of drug-likeness (QED) is 0.236. The van der Waals surface area contributed by atoms with Crippen molar-refractivity contribution >= 4 is 40.9 Å². The van der Waals surface area contributed by atoms with Gasteiger partial charge in [0.15, 0.2) is 0 Å². The van der Waals surface area contributed by atoms with Gasteiger partial charge in [0, 0.05) is 22.8 Å². The zero-order valence-electron chi connectivity index (χ0n) is 20.8. The largest absolute Gasteiger partial charge is 0.508 e. The van der Waals surface area contributed by atoms with Crippen LogP contribution in [-0.2, 0) is 0 Å². The van der Waals surface area contributed by atoms with E-state index in [9.17, 15) is 10.2 Å². The van der Waals surface area contributed by atoms with E-state index < -0.39 is 0 Å². The summed E-state index contributed by atoms with van der Waals surface area (Å²) >= 11 is 0. The zero-order valence-corrected chi connectivity index (χ0v) is 20.8. The molecule has 0 fully saturated rings. The first-order valence-corrected chi connectivity index (χ1v) is 12.5. The number of phenols is 2. The molecule has 38 heavy (non-hydrogen) atoms. The van der Waals surface area contributed by atoms with Crippen molar-refractivity contribution in [1.82, 2.24) is 4.98 Å². The maximum atomic E-state index is 9.71. The van der Waals surface area contributed by atoms with Crippen molar-refractivity contribution in [1.29, 1.82) is 0 Å². The maximum Gasteiger partial charge on any atom is 0.122 e. The number of pyridine rings is 1. The minimum absolute atomic E-state index is 0.148. The Morgan fingerprint density at radius 3 is 2.32 bits per heavy atom. The van der Waals surface area contributed by atoms with Gasteiger partial charge in [-0.3, -0.25) is 4.98 Å². The average molecular weight is 497 g/mol. The third kappa shape index (κ3) is 6.18. The fourth-order valence-electron chi connectivity index (χ4n) is 4.19. The summed E-state index contributed by atoms with van der Waals surface area (Å²) in [6.45, 7) is 0. The third-order valence-corrected chi connectivity index (χ3v) is 6.22. The summed E-state index contributed by atoms with van der Waals surface area (Å²) in [6.07, 6.45) is 14.1. The van der Waals surface area contributed by atoms with Gasteiger partial charge in [0.2, 0.25) is 0 Å². The van der Waals surface area contributed by atoms with Gasteiger partial charge in [-0.1, -0.05) is 103 Å². The van der Waals surface area contributed by atoms with Crippen LogP contribution in [0.5, 0.6) is 11.5 Å². The molecule has 1 unspecified atom stereocenters. The van der Waals surface area contributed by atoms with Crippen LogP contribution in [0.25, 0.3) is 35.2 Å². The molecule has 5 aromatic rings. The van der Waals surface area contributed by atoms with Crippen LogP contribution in [0.4, 0.5) is 5.69 Å². The number of para-hydroxylation sites is 3. The molecular weight excluding hydrogens is 468 g/mol. The molecular formula is C34H28N2O2. The molecule has 0 amide bonds. The number of aromatic nitrogens is 1. The second kappa shape index (κ2) is 11.8. The number of fused-ring (bicyclic) bond motifs is 2. The van der Waals surface area contributed by atoms with Crippen molar-refractivity contribution in [3.63, 3.8) is 0 Å². The van der Waals surface area contributed by atoms with Crippen molar-refractivity contribution in [2.75, 3.05) is 5.32 Å². The van der Waals surface area contributed by atoms with E-state index in [-0.39, 0.29) is 11.8 Å². The van der Waals surface area contributed by atoms with Crippen molar-refractivity contribution in [3.05, 3.63) is 144 Å². The summed E-state index contributed by atoms with van der Waals surface area (Å²) < 4.78 is 0. The van der Waals surface area contributed by atoms with Crippen molar-refractivity contribution < 1.29 is 10.2 Å². The van der Waals surface area contributed by atoms with Crippen LogP contribution in [0.2, 0.25) is 0 Å². The summed E-state index contributed by atoms with van der Waals surface area (Å²) in [5.74, 6) is 0.588. The summed E-state index contributed by atoms with van der Waals surface area (Å²) in [4.78, 5) is 4.34. The second-order valence-corrected chi connectivity index (χ2v) is 8.88. The third-order valence-electron chi connectivity index (χ3n) is 6.22. The molecule has 3 N–H and O–H groups in total. The molecule has 4 aromatic carbocycles. The molecule has 0 saturated carbocycles. The van der Waals surface area contributed by atoms with Gasteiger partial charge < -0.3 is 15.5 Å². The molecule has 1 aliphatic heterocycles. The molecule has 1 aliphatic rings. The first-order valence-electron chi connectivity index (χ1n) is 12.5. The van der Waals surface area contributed by atoms with Crippen molar-refractivity contribution in [2.45, 2.75) is 6.04 Å². The molecule has 4 nitrogen and oxygen atoms in total. The lowest BCUT2D eigenvalue weighted by atomic mass is 10.0. The van der Waals surface area contributed by atoms with E-state index in [1.807, 2.05) is 91.2 Å². The normalized spacial score (nSPS) is 14.2. The predicted molar refractivity (Wildman–Crippen MR) is 159 cm³/mol. The van der Waals surface area contributed by atoms with Crippen LogP contribution in [0.1, 0.15) is 22.3 Å². The van der Waals surface area contributed by atoms with Gasteiger partial charge in [0.05, 0.1) is 11.6 Å². The second-order valence-electron chi connectivity index (χ2n) is 8.88. The van der Waals surface area contributed by atoms with Crippen molar-refractivity contribution in [2.24, 2.45) is 0 Å². The highest BCUT2D eigenvalue weighted by Gasteiger charge is 2.08. The number of benzene rings is 4. The molecule has 0 spiro atoms. The first-order chi connectivity index (χ1) is 18.7. The summed E-state index contributed by atoms with van der Waals surface area (Å²) in [5.41, 5.74) is 6.36. The molecule has 4 heteroatoms. The molecule has 0 aliphatic carbocycles. The molecule has 0 saturated heterocycles. The molecule has 1 atom stereocenters. The molecule has 186 valence electrons. The molecule has 6 rings (SSSR count). The maximum absolute atomic E-state index is 9.71. The van der Waals surface area contributed by atoms with Gasteiger partial charge in [-0.05, 0) is 53.1 Å². The Labute approximate surface area is 222 Å². The number of rotatable bonds is 4. The Hall–Kier alpha value is -5.09. The van der Waals surface area contributed by atoms with Crippen molar-refractivity contribution in [3.8, 4) is 11.5 Å². The van der Waals surface area contributed by atoms with E-state index in [1.165, 1.54) is 5.56 Å².